The van der Waals surface area contributed by atoms with Crippen LogP contribution in [-0.4, -0.2) is 29.0 Å². The predicted molar refractivity (Wildman–Crippen MR) is 107 cm³/mol. The molecule has 2 heterocycles. The van der Waals surface area contributed by atoms with Gasteiger partial charge in [-0.1, -0.05) is 6.58 Å². The molecule has 8 nitrogen and oxygen atoms in total. The number of rotatable bonds is 6. The van der Waals surface area contributed by atoms with Crippen LogP contribution in [0.4, 0.5) is 11.5 Å². The number of carbonyl (C=O) groups excluding carboxylic acids is 1. The minimum atomic E-state index is -0.147. The molecule has 0 radical (unpaired) electrons. The Kier molecular flexibility index (Phi) is 5.34. The lowest BCUT2D eigenvalue weighted by Gasteiger charge is -2.27. The average Bonchev–Trinajstić information content (AvgIpc) is 3.09. The van der Waals surface area contributed by atoms with E-state index in [1.165, 1.54) is 5.01 Å². The van der Waals surface area contributed by atoms with Crippen LogP contribution in [0, 0.1) is 4.91 Å². The highest BCUT2D eigenvalue weighted by Gasteiger charge is 2.25. The van der Waals surface area contributed by atoms with Crippen LogP contribution in [0.2, 0.25) is 0 Å². The van der Waals surface area contributed by atoms with Gasteiger partial charge in [0.2, 0.25) is 0 Å². The number of H-pyrrole nitrogens is 1. The number of hydrogen-bond acceptors (Lipinski definition) is 5. The van der Waals surface area contributed by atoms with Crippen molar-refractivity contribution in [3.63, 3.8) is 0 Å². The topological polar surface area (TPSA) is 102 Å². The number of anilines is 2. The van der Waals surface area contributed by atoms with Gasteiger partial charge in [0.25, 0.3) is 5.91 Å². The quantitative estimate of drug-likeness (QED) is 0.450. The highest BCUT2D eigenvalue weighted by Crippen LogP contribution is 2.37. The summed E-state index contributed by atoms with van der Waals surface area (Å²) in [7, 11) is 1.67. The van der Waals surface area contributed by atoms with E-state index in [1.54, 1.807) is 13.2 Å². The molecular weight excluding hydrogens is 344 g/mol. The summed E-state index contributed by atoms with van der Waals surface area (Å²) >= 11 is 0. The van der Waals surface area contributed by atoms with Gasteiger partial charge in [0.05, 0.1) is 22.2 Å². The predicted octanol–water partition coefficient (Wildman–Crippen LogP) is 3.83. The van der Waals surface area contributed by atoms with Crippen molar-refractivity contribution in [3.8, 4) is 0 Å². The first-order valence-corrected chi connectivity index (χ1v) is 9.17. The molecule has 0 bridgehead atoms. The van der Waals surface area contributed by atoms with Gasteiger partial charge in [-0.25, -0.2) is 5.01 Å². The second-order valence-electron chi connectivity index (χ2n) is 7.12. The van der Waals surface area contributed by atoms with Crippen LogP contribution >= 0.6 is 0 Å². The Balaban J connectivity index is 1.86. The number of carbonyl (C=O) groups is 1. The maximum atomic E-state index is 12.4. The number of aromatic nitrogens is 1. The van der Waals surface area contributed by atoms with Crippen molar-refractivity contribution in [2.24, 2.45) is 5.29 Å². The molecule has 0 spiro atoms. The Morgan fingerprint density at radius 1 is 1.33 bits per heavy atom. The highest BCUT2D eigenvalue weighted by atomic mass is 16.3. The fourth-order valence-electron chi connectivity index (χ4n) is 3.45. The largest absolute Gasteiger partial charge is 0.350 e. The SMILES string of the molecule is C=C(C1=CNc2[nH]cc(C(=O)NC(C)C)c2N1)C1=C(N(C)N=O)CCCC1. The molecule has 0 aromatic carbocycles. The van der Waals surface area contributed by atoms with E-state index < -0.39 is 0 Å². The summed E-state index contributed by atoms with van der Waals surface area (Å²) in [4.78, 5) is 26.5. The fourth-order valence-corrected chi connectivity index (χ4v) is 3.45. The number of aromatic amines is 1. The maximum Gasteiger partial charge on any atom is 0.255 e. The summed E-state index contributed by atoms with van der Waals surface area (Å²) in [6, 6.07) is 0.0471. The van der Waals surface area contributed by atoms with Crippen molar-refractivity contribution in [2.75, 3.05) is 17.7 Å². The van der Waals surface area contributed by atoms with E-state index in [2.05, 4.69) is 32.8 Å². The van der Waals surface area contributed by atoms with Crippen LogP contribution in [0.15, 0.2) is 46.8 Å². The first-order chi connectivity index (χ1) is 12.9. The van der Waals surface area contributed by atoms with Crippen LogP contribution < -0.4 is 16.0 Å². The van der Waals surface area contributed by atoms with Crippen molar-refractivity contribution in [3.05, 3.63) is 52.0 Å². The summed E-state index contributed by atoms with van der Waals surface area (Å²) in [6.45, 7) is 8.08. The molecule has 8 heteroatoms. The van der Waals surface area contributed by atoms with Crippen molar-refractivity contribution in [2.45, 2.75) is 45.6 Å². The standard InChI is InChI=1S/C19H26N6O2/c1-11(2)22-19(26)14-9-20-18-17(14)23-15(10-21-18)12(3)13-7-5-6-8-16(13)25(4)24-27/h9-11,20-21,23H,3,5-8H2,1-2,4H3,(H,22,26). The zero-order valence-corrected chi connectivity index (χ0v) is 16.0. The molecule has 1 aromatic heterocycles. The van der Waals surface area contributed by atoms with Gasteiger partial charge >= 0.3 is 0 Å². The number of nitrogens with one attached hydrogen (secondary N) is 4. The van der Waals surface area contributed by atoms with Gasteiger partial charge in [-0.05, 0) is 50.7 Å². The summed E-state index contributed by atoms with van der Waals surface area (Å²) in [5.74, 6) is 0.580. The Hall–Kier alpha value is -3.03. The van der Waals surface area contributed by atoms with Gasteiger partial charge in [0.1, 0.15) is 5.82 Å². The van der Waals surface area contributed by atoms with Crippen molar-refractivity contribution in [1.82, 2.24) is 15.3 Å². The summed E-state index contributed by atoms with van der Waals surface area (Å²) in [6.07, 6.45) is 7.21. The summed E-state index contributed by atoms with van der Waals surface area (Å²) in [5, 5.41) is 13.8. The zero-order valence-electron chi connectivity index (χ0n) is 16.0. The molecule has 2 aliphatic rings. The van der Waals surface area contributed by atoms with Gasteiger partial charge in [-0.15, -0.1) is 4.91 Å². The first-order valence-electron chi connectivity index (χ1n) is 9.17. The lowest BCUT2D eigenvalue weighted by molar-refractivity contribution is 0.0944. The van der Waals surface area contributed by atoms with E-state index in [9.17, 15) is 9.70 Å². The smallest absolute Gasteiger partial charge is 0.255 e. The zero-order chi connectivity index (χ0) is 19.6. The van der Waals surface area contributed by atoms with Crippen molar-refractivity contribution >= 4 is 17.4 Å². The number of fused-ring (bicyclic) bond motifs is 1. The monoisotopic (exact) mass is 370 g/mol. The molecular formula is C19H26N6O2. The summed E-state index contributed by atoms with van der Waals surface area (Å²) in [5.41, 5.74) is 4.72. The van der Waals surface area contributed by atoms with E-state index in [0.29, 0.717) is 11.3 Å². The van der Waals surface area contributed by atoms with Crippen LogP contribution in [0.25, 0.3) is 0 Å². The second kappa shape index (κ2) is 7.69. The number of nitrogens with zero attached hydrogens (tertiary/aromatic N) is 2. The van der Waals surface area contributed by atoms with Gasteiger partial charge in [-0.2, -0.15) is 0 Å². The first kappa shape index (κ1) is 18.8. The van der Waals surface area contributed by atoms with Crippen LogP contribution in [0.1, 0.15) is 49.9 Å². The third-order valence-corrected chi connectivity index (χ3v) is 4.81. The van der Waals surface area contributed by atoms with Crippen LogP contribution in [0.3, 0.4) is 0 Å². The lowest BCUT2D eigenvalue weighted by atomic mass is 9.89. The van der Waals surface area contributed by atoms with Crippen LogP contribution in [-0.2, 0) is 0 Å². The van der Waals surface area contributed by atoms with E-state index >= 15 is 0 Å². The highest BCUT2D eigenvalue weighted by molar-refractivity contribution is 6.03. The Morgan fingerprint density at radius 2 is 2.07 bits per heavy atom. The third-order valence-electron chi connectivity index (χ3n) is 4.81. The lowest BCUT2D eigenvalue weighted by Crippen LogP contribution is -2.30. The normalized spacial score (nSPS) is 16.1. The molecule has 1 amide bonds. The Morgan fingerprint density at radius 3 is 2.78 bits per heavy atom. The van der Waals surface area contributed by atoms with E-state index in [-0.39, 0.29) is 11.9 Å². The molecule has 0 saturated heterocycles. The molecule has 27 heavy (non-hydrogen) atoms. The maximum absolute atomic E-state index is 12.4. The van der Waals surface area contributed by atoms with Gasteiger partial charge in [0.15, 0.2) is 0 Å². The third kappa shape index (κ3) is 3.74. The molecule has 4 N–H and O–H groups in total. The van der Waals surface area contributed by atoms with Gasteiger partial charge in [-0.3, -0.25) is 4.79 Å². The number of nitroso groups, excluding NO2 is 1. The Bertz CT molecular complexity index is 833. The molecule has 0 saturated carbocycles. The van der Waals surface area contributed by atoms with Crippen LogP contribution in [0.5, 0.6) is 0 Å². The molecule has 0 fully saturated rings. The number of hydrogen-bond donors (Lipinski definition) is 4. The fraction of sp³-hybridized carbons (Fsp3) is 0.421. The minimum Gasteiger partial charge on any atom is -0.350 e. The molecule has 0 unspecified atom stereocenters. The molecule has 144 valence electrons. The van der Waals surface area contributed by atoms with E-state index in [4.69, 9.17) is 0 Å². The molecule has 1 aromatic rings. The van der Waals surface area contributed by atoms with Crippen molar-refractivity contribution < 1.29 is 4.79 Å². The van der Waals surface area contributed by atoms with E-state index in [1.807, 2.05) is 20.0 Å². The second-order valence-corrected chi connectivity index (χ2v) is 7.12. The average molecular weight is 370 g/mol. The Labute approximate surface area is 158 Å². The van der Waals surface area contributed by atoms with E-state index in [0.717, 1.165) is 54.0 Å². The minimum absolute atomic E-state index is 0.0471. The molecule has 3 rings (SSSR count). The molecule has 1 aliphatic heterocycles. The summed E-state index contributed by atoms with van der Waals surface area (Å²) < 4.78 is 0. The number of allylic oxidation sites excluding steroid dienone is 2. The van der Waals surface area contributed by atoms with Crippen molar-refractivity contribution in [1.29, 1.82) is 0 Å². The molecule has 1 aliphatic carbocycles. The van der Waals surface area contributed by atoms with Gasteiger partial charge in [0, 0.05) is 31.2 Å². The van der Waals surface area contributed by atoms with Gasteiger partial charge < -0.3 is 20.9 Å². The number of amides is 1. The molecule has 0 atom stereocenters.